The highest BCUT2D eigenvalue weighted by Crippen LogP contribution is 2.18. The molecule has 0 fully saturated rings. The molecular formula is C11H20O2. The van der Waals surface area contributed by atoms with Crippen LogP contribution in [0.25, 0.3) is 0 Å². The average molecular weight is 184 g/mol. The van der Waals surface area contributed by atoms with E-state index in [4.69, 9.17) is 0 Å². The van der Waals surface area contributed by atoms with Gasteiger partial charge < -0.3 is 5.11 Å². The molecule has 2 heteroatoms. The van der Waals surface area contributed by atoms with E-state index in [-0.39, 0.29) is 12.0 Å². The molecule has 1 N–H and O–H groups in total. The molecule has 76 valence electrons. The van der Waals surface area contributed by atoms with Crippen molar-refractivity contribution < 1.29 is 9.90 Å². The maximum atomic E-state index is 10.1. The number of hydrogen-bond donors (Lipinski definition) is 1. The van der Waals surface area contributed by atoms with Gasteiger partial charge in [-0.3, -0.25) is 4.79 Å². The van der Waals surface area contributed by atoms with Crippen LogP contribution in [0.1, 0.15) is 33.6 Å². The quantitative estimate of drug-likeness (QED) is 0.507. The Morgan fingerprint density at radius 1 is 1.38 bits per heavy atom. The van der Waals surface area contributed by atoms with E-state index >= 15 is 0 Å². The molecule has 0 aliphatic heterocycles. The van der Waals surface area contributed by atoms with Crippen LogP contribution in [0.4, 0.5) is 0 Å². The van der Waals surface area contributed by atoms with Gasteiger partial charge in [0.15, 0.2) is 0 Å². The topological polar surface area (TPSA) is 37.3 Å². The van der Waals surface area contributed by atoms with E-state index in [1.54, 1.807) is 6.08 Å². The summed E-state index contributed by atoms with van der Waals surface area (Å²) >= 11 is 0. The first kappa shape index (κ1) is 12.4. The number of aliphatic hydroxyl groups is 1. The summed E-state index contributed by atoms with van der Waals surface area (Å²) < 4.78 is 0. The Bertz CT molecular complexity index is 163. The van der Waals surface area contributed by atoms with Crippen molar-refractivity contribution in [3.05, 3.63) is 12.2 Å². The highest BCUT2D eigenvalue weighted by molar-refractivity contribution is 5.64. The summed E-state index contributed by atoms with van der Waals surface area (Å²) in [7, 11) is 0. The van der Waals surface area contributed by atoms with E-state index in [0.29, 0.717) is 5.92 Å². The fourth-order valence-electron chi connectivity index (χ4n) is 1.48. The van der Waals surface area contributed by atoms with Crippen molar-refractivity contribution in [2.75, 3.05) is 0 Å². The average Bonchev–Trinajstić information content (AvgIpc) is 2.13. The summed E-state index contributed by atoms with van der Waals surface area (Å²) in [5.74, 6) is 0.364. The second-order valence-corrected chi connectivity index (χ2v) is 3.64. The van der Waals surface area contributed by atoms with Crippen LogP contribution in [0.3, 0.4) is 0 Å². The first-order chi connectivity index (χ1) is 6.13. The monoisotopic (exact) mass is 184 g/mol. The Labute approximate surface area is 80.7 Å². The molecule has 3 unspecified atom stereocenters. The minimum atomic E-state index is -0.337. The molecule has 3 atom stereocenters. The maximum Gasteiger partial charge on any atom is 0.142 e. The van der Waals surface area contributed by atoms with E-state index in [2.05, 4.69) is 6.92 Å². The van der Waals surface area contributed by atoms with Gasteiger partial charge >= 0.3 is 0 Å². The maximum absolute atomic E-state index is 10.1. The molecule has 0 aliphatic carbocycles. The number of aliphatic hydroxyl groups excluding tert-OH is 1. The van der Waals surface area contributed by atoms with Crippen LogP contribution in [0.2, 0.25) is 0 Å². The fraction of sp³-hybridized carbons (Fsp3) is 0.727. The third kappa shape index (κ3) is 4.83. The predicted octanol–water partition coefficient (Wildman–Crippen LogP) is 2.17. The van der Waals surface area contributed by atoms with Gasteiger partial charge in [-0.15, -0.1) is 0 Å². The fourth-order valence-corrected chi connectivity index (χ4v) is 1.48. The van der Waals surface area contributed by atoms with Gasteiger partial charge in [-0.25, -0.2) is 0 Å². The molecule has 0 saturated heterocycles. The zero-order valence-corrected chi connectivity index (χ0v) is 8.73. The Kier molecular flexibility index (Phi) is 6.51. The normalized spacial score (nSPS) is 18.5. The molecule has 0 aromatic carbocycles. The molecule has 0 aliphatic rings. The van der Waals surface area contributed by atoms with Gasteiger partial charge in [0.2, 0.25) is 0 Å². The van der Waals surface area contributed by atoms with Crippen molar-refractivity contribution in [3.8, 4) is 0 Å². The Balaban J connectivity index is 3.99. The molecule has 0 aromatic heterocycles. The highest BCUT2D eigenvalue weighted by atomic mass is 16.3. The summed E-state index contributed by atoms with van der Waals surface area (Å²) in [6.07, 6.45) is 5.73. The van der Waals surface area contributed by atoms with Crippen LogP contribution in [-0.4, -0.2) is 17.5 Å². The van der Waals surface area contributed by atoms with E-state index in [1.165, 1.54) is 6.08 Å². The molecule has 0 saturated carbocycles. The molecule has 0 amide bonds. The molecule has 2 nitrogen and oxygen atoms in total. The smallest absolute Gasteiger partial charge is 0.142 e. The molecule has 0 aromatic rings. The largest absolute Gasteiger partial charge is 0.392 e. The molecular weight excluding hydrogens is 164 g/mol. The van der Waals surface area contributed by atoms with Crippen molar-refractivity contribution in [2.24, 2.45) is 11.8 Å². The number of allylic oxidation sites excluding steroid dienone is 1. The Hall–Kier alpha value is -0.630. The SMILES string of the molecule is CCCC(C)C(O)C(C)/C=C/C=O. The van der Waals surface area contributed by atoms with Gasteiger partial charge in [-0.2, -0.15) is 0 Å². The predicted molar refractivity (Wildman–Crippen MR) is 54.4 cm³/mol. The van der Waals surface area contributed by atoms with Crippen LogP contribution in [0, 0.1) is 11.8 Å². The molecule has 0 spiro atoms. The first-order valence-corrected chi connectivity index (χ1v) is 4.93. The number of aldehydes is 1. The number of hydrogen-bond acceptors (Lipinski definition) is 2. The van der Waals surface area contributed by atoms with Gasteiger partial charge in [0.1, 0.15) is 6.29 Å². The van der Waals surface area contributed by atoms with Crippen LogP contribution >= 0.6 is 0 Å². The van der Waals surface area contributed by atoms with Gasteiger partial charge in [-0.05, 0) is 18.4 Å². The standard InChI is InChI=1S/C11H20O2/c1-4-6-9(2)11(13)10(3)7-5-8-12/h5,7-11,13H,4,6H2,1-3H3/b7-5+. The third-order valence-corrected chi connectivity index (χ3v) is 2.36. The van der Waals surface area contributed by atoms with Gasteiger partial charge in [-0.1, -0.05) is 33.3 Å². The van der Waals surface area contributed by atoms with Crippen LogP contribution in [0.15, 0.2) is 12.2 Å². The number of rotatable bonds is 6. The summed E-state index contributed by atoms with van der Waals surface area (Å²) in [5.41, 5.74) is 0. The third-order valence-electron chi connectivity index (χ3n) is 2.36. The Morgan fingerprint density at radius 3 is 2.46 bits per heavy atom. The van der Waals surface area contributed by atoms with Crippen molar-refractivity contribution >= 4 is 6.29 Å². The van der Waals surface area contributed by atoms with E-state index in [9.17, 15) is 9.90 Å². The molecule has 0 bridgehead atoms. The second kappa shape index (κ2) is 6.84. The van der Waals surface area contributed by atoms with Crippen molar-refractivity contribution in [1.29, 1.82) is 0 Å². The first-order valence-electron chi connectivity index (χ1n) is 4.93. The van der Waals surface area contributed by atoms with Crippen LogP contribution in [0.5, 0.6) is 0 Å². The lowest BCUT2D eigenvalue weighted by molar-refractivity contribution is -0.104. The summed E-state index contributed by atoms with van der Waals surface area (Å²) in [5, 5.41) is 9.78. The second-order valence-electron chi connectivity index (χ2n) is 3.64. The Morgan fingerprint density at radius 2 is 2.00 bits per heavy atom. The zero-order valence-electron chi connectivity index (χ0n) is 8.73. The molecule has 0 heterocycles. The van der Waals surface area contributed by atoms with Gasteiger partial charge in [0.05, 0.1) is 6.10 Å². The summed E-state index contributed by atoms with van der Waals surface area (Å²) in [6, 6.07) is 0. The molecule has 0 radical (unpaired) electrons. The zero-order chi connectivity index (χ0) is 10.3. The van der Waals surface area contributed by atoms with Crippen LogP contribution < -0.4 is 0 Å². The van der Waals surface area contributed by atoms with Crippen molar-refractivity contribution in [3.63, 3.8) is 0 Å². The number of carbonyl (C=O) groups excluding carboxylic acids is 1. The van der Waals surface area contributed by atoms with Crippen LogP contribution in [-0.2, 0) is 4.79 Å². The van der Waals surface area contributed by atoms with Gasteiger partial charge in [0.25, 0.3) is 0 Å². The van der Waals surface area contributed by atoms with Gasteiger partial charge in [0, 0.05) is 5.92 Å². The lowest BCUT2D eigenvalue weighted by Gasteiger charge is -2.22. The van der Waals surface area contributed by atoms with E-state index < -0.39 is 0 Å². The van der Waals surface area contributed by atoms with E-state index in [0.717, 1.165) is 19.1 Å². The number of carbonyl (C=O) groups is 1. The highest BCUT2D eigenvalue weighted by Gasteiger charge is 2.17. The summed E-state index contributed by atoms with van der Waals surface area (Å²) in [4.78, 5) is 10.1. The van der Waals surface area contributed by atoms with E-state index in [1.807, 2.05) is 13.8 Å². The minimum absolute atomic E-state index is 0.0618. The molecule has 13 heavy (non-hydrogen) atoms. The lowest BCUT2D eigenvalue weighted by atomic mass is 9.90. The summed E-state index contributed by atoms with van der Waals surface area (Å²) in [6.45, 7) is 6.07. The molecule has 0 rings (SSSR count). The minimum Gasteiger partial charge on any atom is -0.392 e. The van der Waals surface area contributed by atoms with Crippen molar-refractivity contribution in [1.82, 2.24) is 0 Å². The lowest BCUT2D eigenvalue weighted by Crippen LogP contribution is -2.24. The van der Waals surface area contributed by atoms with Crippen molar-refractivity contribution in [2.45, 2.75) is 39.7 Å².